The van der Waals surface area contributed by atoms with Gasteiger partial charge in [-0.3, -0.25) is 9.20 Å². The standard InChI is InChI=1S/C23H26N4O2/c1-15(2)12-18-20(23(18,3)4)21(28)24-17-9-7-8-16(13-17)14-27-22(29)26-11-6-5-10-19(26)25-27/h5-13,18,20H,14H2,1-4H3,(H,24,28). The Kier molecular flexibility index (Phi) is 4.65. The van der Waals surface area contributed by atoms with Crippen molar-refractivity contribution in [3.63, 3.8) is 0 Å². The van der Waals surface area contributed by atoms with E-state index in [2.05, 4.69) is 44.2 Å². The molecule has 1 N–H and O–H groups in total. The Labute approximate surface area is 169 Å². The second kappa shape index (κ2) is 7.03. The van der Waals surface area contributed by atoms with Crippen LogP contribution in [-0.4, -0.2) is 20.1 Å². The molecule has 2 heterocycles. The smallest absolute Gasteiger partial charge is 0.326 e. The maximum absolute atomic E-state index is 12.8. The Hall–Kier alpha value is -3.15. The molecule has 0 spiro atoms. The molecule has 1 amide bonds. The summed E-state index contributed by atoms with van der Waals surface area (Å²) in [6, 6.07) is 13.0. The van der Waals surface area contributed by atoms with Crippen molar-refractivity contribution >= 4 is 17.2 Å². The van der Waals surface area contributed by atoms with Crippen molar-refractivity contribution < 1.29 is 4.79 Å². The van der Waals surface area contributed by atoms with E-state index < -0.39 is 0 Å². The first kappa shape index (κ1) is 19.2. The fraction of sp³-hybridized carbons (Fsp3) is 0.348. The molecule has 29 heavy (non-hydrogen) atoms. The van der Waals surface area contributed by atoms with E-state index in [1.165, 1.54) is 14.7 Å². The second-order valence-corrected chi connectivity index (χ2v) is 8.63. The van der Waals surface area contributed by atoms with Crippen molar-refractivity contribution in [2.75, 3.05) is 5.32 Å². The highest BCUT2D eigenvalue weighted by atomic mass is 16.2. The monoisotopic (exact) mass is 390 g/mol. The van der Waals surface area contributed by atoms with Crippen LogP contribution in [0.25, 0.3) is 5.65 Å². The summed E-state index contributed by atoms with van der Waals surface area (Å²) in [5, 5.41) is 7.42. The summed E-state index contributed by atoms with van der Waals surface area (Å²) in [5.41, 5.74) is 3.29. The molecule has 6 nitrogen and oxygen atoms in total. The van der Waals surface area contributed by atoms with Gasteiger partial charge in [-0.2, -0.15) is 0 Å². The topological polar surface area (TPSA) is 68.4 Å². The van der Waals surface area contributed by atoms with Crippen LogP contribution in [0, 0.1) is 17.3 Å². The number of carbonyl (C=O) groups excluding carboxylic acids is 1. The lowest BCUT2D eigenvalue weighted by atomic mass is 10.1. The van der Waals surface area contributed by atoms with Gasteiger partial charge in [0.05, 0.1) is 12.5 Å². The number of fused-ring (bicyclic) bond motifs is 1. The van der Waals surface area contributed by atoms with Gasteiger partial charge in [-0.05, 0) is 55.0 Å². The third-order valence-electron chi connectivity index (χ3n) is 5.72. The summed E-state index contributed by atoms with van der Waals surface area (Å²) >= 11 is 0. The third kappa shape index (κ3) is 3.62. The number of allylic oxidation sites excluding steroid dienone is 2. The molecule has 1 aliphatic carbocycles. The van der Waals surface area contributed by atoms with Gasteiger partial charge in [-0.25, -0.2) is 9.48 Å². The second-order valence-electron chi connectivity index (χ2n) is 8.63. The summed E-state index contributed by atoms with van der Waals surface area (Å²) < 4.78 is 2.95. The molecule has 0 saturated heterocycles. The molecule has 0 bridgehead atoms. The molecule has 1 aliphatic rings. The molecule has 1 saturated carbocycles. The van der Waals surface area contributed by atoms with Gasteiger partial charge in [0.1, 0.15) is 0 Å². The molecule has 0 aliphatic heterocycles. The van der Waals surface area contributed by atoms with Gasteiger partial charge in [0.25, 0.3) is 0 Å². The summed E-state index contributed by atoms with van der Waals surface area (Å²) in [6.07, 6.45) is 3.90. The van der Waals surface area contributed by atoms with Crippen LogP contribution in [0.15, 0.2) is 65.1 Å². The summed E-state index contributed by atoms with van der Waals surface area (Å²) in [4.78, 5) is 25.3. The zero-order chi connectivity index (χ0) is 20.8. The Balaban J connectivity index is 1.51. The van der Waals surface area contributed by atoms with Gasteiger partial charge in [-0.15, -0.1) is 5.10 Å². The van der Waals surface area contributed by atoms with Crippen molar-refractivity contribution in [1.82, 2.24) is 14.2 Å². The Morgan fingerprint density at radius 3 is 2.72 bits per heavy atom. The quantitative estimate of drug-likeness (QED) is 0.675. The minimum absolute atomic E-state index is 0.0250. The summed E-state index contributed by atoms with van der Waals surface area (Å²) in [6.45, 7) is 8.74. The molecule has 2 aromatic heterocycles. The molecular weight excluding hydrogens is 364 g/mol. The Morgan fingerprint density at radius 2 is 2.00 bits per heavy atom. The average molecular weight is 390 g/mol. The fourth-order valence-corrected chi connectivity index (χ4v) is 4.06. The first-order valence-corrected chi connectivity index (χ1v) is 9.86. The van der Waals surface area contributed by atoms with Crippen molar-refractivity contribution in [2.45, 2.75) is 34.2 Å². The highest BCUT2D eigenvalue weighted by Gasteiger charge is 2.60. The highest BCUT2D eigenvalue weighted by Crippen LogP contribution is 2.59. The van der Waals surface area contributed by atoms with E-state index in [4.69, 9.17) is 0 Å². The SMILES string of the molecule is CC(C)=CC1C(C(=O)Nc2cccc(Cn3nc4ccccn4c3=O)c2)C1(C)C. The minimum Gasteiger partial charge on any atom is -0.326 e. The molecule has 3 aromatic rings. The van der Waals surface area contributed by atoms with Crippen LogP contribution in [-0.2, 0) is 11.3 Å². The van der Waals surface area contributed by atoms with E-state index in [0.717, 1.165) is 11.3 Å². The number of hydrogen-bond acceptors (Lipinski definition) is 3. The predicted octanol–water partition coefficient (Wildman–Crippen LogP) is 3.72. The average Bonchev–Trinajstić information content (AvgIpc) is 3.04. The molecule has 6 heteroatoms. The maximum Gasteiger partial charge on any atom is 0.350 e. The van der Waals surface area contributed by atoms with E-state index in [1.807, 2.05) is 30.3 Å². The van der Waals surface area contributed by atoms with E-state index in [0.29, 0.717) is 12.2 Å². The van der Waals surface area contributed by atoms with E-state index in [9.17, 15) is 9.59 Å². The van der Waals surface area contributed by atoms with Gasteiger partial charge in [0.15, 0.2) is 5.65 Å². The van der Waals surface area contributed by atoms with Crippen LogP contribution in [0.1, 0.15) is 33.3 Å². The number of hydrogen-bond donors (Lipinski definition) is 1. The van der Waals surface area contributed by atoms with Gasteiger partial charge >= 0.3 is 5.69 Å². The van der Waals surface area contributed by atoms with Crippen LogP contribution in [0.2, 0.25) is 0 Å². The van der Waals surface area contributed by atoms with Crippen molar-refractivity contribution in [1.29, 1.82) is 0 Å². The number of pyridine rings is 1. The summed E-state index contributed by atoms with van der Waals surface area (Å²) in [5.74, 6) is 0.286. The molecular formula is C23H26N4O2. The molecule has 0 radical (unpaired) electrons. The number of amides is 1. The number of nitrogens with one attached hydrogen (secondary N) is 1. The number of nitrogens with zero attached hydrogens (tertiary/aromatic N) is 3. The van der Waals surface area contributed by atoms with Gasteiger partial charge in [-0.1, -0.05) is 43.7 Å². The molecule has 4 rings (SSSR count). The first-order chi connectivity index (χ1) is 13.8. The fourth-order valence-electron chi connectivity index (χ4n) is 4.06. The zero-order valence-corrected chi connectivity index (χ0v) is 17.2. The third-order valence-corrected chi connectivity index (χ3v) is 5.72. The van der Waals surface area contributed by atoms with Crippen molar-refractivity contribution in [2.24, 2.45) is 17.3 Å². The highest BCUT2D eigenvalue weighted by molar-refractivity contribution is 5.95. The van der Waals surface area contributed by atoms with Crippen LogP contribution in [0.4, 0.5) is 5.69 Å². The van der Waals surface area contributed by atoms with Crippen LogP contribution in [0.5, 0.6) is 0 Å². The predicted molar refractivity (Wildman–Crippen MR) is 114 cm³/mol. The summed E-state index contributed by atoms with van der Waals surface area (Å²) in [7, 11) is 0. The molecule has 2 atom stereocenters. The van der Waals surface area contributed by atoms with Gasteiger partial charge < -0.3 is 5.32 Å². The first-order valence-electron chi connectivity index (χ1n) is 9.86. The lowest BCUT2D eigenvalue weighted by Gasteiger charge is -2.08. The number of aromatic nitrogens is 3. The number of carbonyl (C=O) groups is 1. The van der Waals surface area contributed by atoms with E-state index in [1.54, 1.807) is 18.3 Å². The molecule has 150 valence electrons. The number of anilines is 1. The number of rotatable bonds is 5. The molecule has 1 fully saturated rings. The zero-order valence-electron chi connectivity index (χ0n) is 17.2. The van der Waals surface area contributed by atoms with E-state index in [-0.39, 0.29) is 28.8 Å². The normalized spacial score (nSPS) is 19.7. The minimum atomic E-state index is -0.181. The van der Waals surface area contributed by atoms with Crippen LogP contribution in [0.3, 0.4) is 0 Å². The lowest BCUT2D eigenvalue weighted by molar-refractivity contribution is -0.118. The van der Waals surface area contributed by atoms with Crippen LogP contribution >= 0.6 is 0 Å². The number of benzene rings is 1. The molecule has 1 aromatic carbocycles. The van der Waals surface area contributed by atoms with Crippen molar-refractivity contribution in [3.05, 3.63) is 76.4 Å². The van der Waals surface area contributed by atoms with Gasteiger partial charge in [0.2, 0.25) is 5.91 Å². The van der Waals surface area contributed by atoms with Crippen molar-refractivity contribution in [3.8, 4) is 0 Å². The maximum atomic E-state index is 12.8. The lowest BCUT2D eigenvalue weighted by Crippen LogP contribution is -2.21. The largest absolute Gasteiger partial charge is 0.350 e. The molecule has 2 unspecified atom stereocenters. The van der Waals surface area contributed by atoms with Gasteiger partial charge in [0, 0.05) is 11.9 Å². The van der Waals surface area contributed by atoms with Crippen LogP contribution < -0.4 is 11.0 Å². The Bertz CT molecular complexity index is 1160. The Morgan fingerprint density at radius 1 is 1.21 bits per heavy atom. The van der Waals surface area contributed by atoms with E-state index >= 15 is 0 Å².